The molecular weight excluding hydrogens is 178 g/mol. The van der Waals surface area contributed by atoms with Crippen molar-refractivity contribution in [2.24, 2.45) is 17.1 Å². The number of carbonyl (C=O) groups is 1. The first-order valence-corrected chi connectivity index (χ1v) is 5.40. The van der Waals surface area contributed by atoms with Crippen LogP contribution in [0.5, 0.6) is 0 Å². The molecule has 3 rings (SSSR count). The van der Waals surface area contributed by atoms with Crippen molar-refractivity contribution < 1.29 is 9.53 Å². The maximum absolute atomic E-state index is 11.8. The van der Waals surface area contributed by atoms with Gasteiger partial charge in [0.05, 0.1) is 12.5 Å². The van der Waals surface area contributed by atoms with Gasteiger partial charge in [-0.15, -0.1) is 0 Å². The Bertz CT molecular complexity index is 254. The Morgan fingerprint density at radius 2 is 1.93 bits per heavy atom. The molecule has 0 amide bonds. The maximum atomic E-state index is 11.8. The Morgan fingerprint density at radius 1 is 1.36 bits per heavy atom. The topological polar surface area (TPSA) is 52.3 Å². The van der Waals surface area contributed by atoms with Crippen LogP contribution in [0.4, 0.5) is 0 Å². The van der Waals surface area contributed by atoms with E-state index >= 15 is 0 Å². The molecule has 0 spiro atoms. The van der Waals surface area contributed by atoms with Gasteiger partial charge in [0.25, 0.3) is 0 Å². The molecule has 2 bridgehead atoms. The number of nitrogens with two attached hydrogens (primary N) is 1. The number of hydrogen-bond donors (Lipinski definition) is 1. The zero-order valence-corrected chi connectivity index (χ0v) is 9.01. The van der Waals surface area contributed by atoms with Crippen molar-refractivity contribution in [3.63, 3.8) is 0 Å². The number of methoxy groups -OCH3 is 1. The van der Waals surface area contributed by atoms with Crippen molar-refractivity contribution >= 4 is 5.97 Å². The van der Waals surface area contributed by atoms with Crippen molar-refractivity contribution in [1.29, 1.82) is 0 Å². The summed E-state index contributed by atoms with van der Waals surface area (Å²) in [6.07, 6.45) is 4.76. The van der Waals surface area contributed by atoms with Crippen LogP contribution in [0.1, 0.15) is 39.0 Å². The van der Waals surface area contributed by atoms with Gasteiger partial charge >= 0.3 is 5.97 Å². The minimum atomic E-state index is -0.212. The average molecular weight is 197 g/mol. The van der Waals surface area contributed by atoms with Crippen molar-refractivity contribution in [2.75, 3.05) is 7.11 Å². The Hall–Kier alpha value is -0.570. The highest BCUT2D eigenvalue weighted by Crippen LogP contribution is 2.55. The van der Waals surface area contributed by atoms with Crippen molar-refractivity contribution in [1.82, 2.24) is 0 Å². The van der Waals surface area contributed by atoms with Gasteiger partial charge in [-0.1, -0.05) is 6.92 Å². The van der Waals surface area contributed by atoms with Crippen LogP contribution in [-0.2, 0) is 9.53 Å². The second-order valence-electron chi connectivity index (χ2n) is 5.12. The van der Waals surface area contributed by atoms with Gasteiger partial charge < -0.3 is 10.5 Å². The lowest BCUT2D eigenvalue weighted by molar-refractivity contribution is -0.165. The molecule has 14 heavy (non-hydrogen) atoms. The van der Waals surface area contributed by atoms with Crippen molar-refractivity contribution in [2.45, 2.75) is 44.6 Å². The number of esters is 1. The van der Waals surface area contributed by atoms with E-state index in [0.717, 1.165) is 32.1 Å². The highest BCUT2D eigenvalue weighted by Gasteiger charge is 2.55. The number of fused-ring (bicyclic) bond motifs is 3. The second kappa shape index (κ2) is 2.96. The zero-order valence-electron chi connectivity index (χ0n) is 9.01. The largest absolute Gasteiger partial charge is 0.469 e. The van der Waals surface area contributed by atoms with Crippen LogP contribution in [0.3, 0.4) is 0 Å². The van der Waals surface area contributed by atoms with E-state index in [-0.39, 0.29) is 16.9 Å². The number of carbonyl (C=O) groups excluding carboxylic acids is 1. The third kappa shape index (κ3) is 1.18. The minimum Gasteiger partial charge on any atom is -0.469 e. The smallest absolute Gasteiger partial charge is 0.312 e. The summed E-state index contributed by atoms with van der Waals surface area (Å²) in [5.74, 6) is 0.356. The fraction of sp³-hybridized carbons (Fsp3) is 0.909. The molecule has 3 nitrogen and oxygen atoms in total. The van der Waals surface area contributed by atoms with Crippen LogP contribution < -0.4 is 5.73 Å². The molecule has 3 saturated carbocycles. The molecule has 0 aromatic carbocycles. The van der Waals surface area contributed by atoms with Gasteiger partial charge in [0, 0.05) is 5.54 Å². The number of hydrogen-bond acceptors (Lipinski definition) is 3. The quantitative estimate of drug-likeness (QED) is 0.647. The highest BCUT2D eigenvalue weighted by molar-refractivity contribution is 5.77. The molecule has 80 valence electrons. The van der Waals surface area contributed by atoms with E-state index in [0.29, 0.717) is 5.92 Å². The molecule has 3 aliphatic rings. The summed E-state index contributed by atoms with van der Waals surface area (Å²) in [4.78, 5) is 11.8. The van der Waals surface area contributed by atoms with Gasteiger partial charge in [0.2, 0.25) is 0 Å². The fourth-order valence-electron chi connectivity index (χ4n) is 3.30. The SMILES string of the molecule is COC(=O)C12CCC(N)(CC1)CC2C. The molecule has 0 aliphatic heterocycles. The Balaban J connectivity index is 2.25. The molecule has 2 N–H and O–H groups in total. The molecule has 3 aliphatic carbocycles. The Labute approximate surface area is 85.0 Å². The highest BCUT2D eigenvalue weighted by atomic mass is 16.5. The van der Waals surface area contributed by atoms with E-state index in [4.69, 9.17) is 10.5 Å². The molecule has 1 unspecified atom stereocenters. The summed E-state index contributed by atoms with van der Waals surface area (Å²) >= 11 is 0. The van der Waals surface area contributed by atoms with Gasteiger partial charge in [-0.3, -0.25) is 4.79 Å². The third-order valence-electron chi connectivity index (χ3n) is 4.39. The van der Waals surface area contributed by atoms with Crippen LogP contribution >= 0.6 is 0 Å². The molecule has 0 aromatic rings. The summed E-state index contributed by atoms with van der Waals surface area (Å²) in [7, 11) is 1.49. The normalized spacial score (nSPS) is 46.4. The van der Waals surface area contributed by atoms with E-state index in [1.54, 1.807) is 0 Å². The lowest BCUT2D eigenvalue weighted by Gasteiger charge is -2.53. The predicted octanol–water partition coefficient (Wildman–Crippen LogP) is 1.46. The van der Waals surface area contributed by atoms with Gasteiger partial charge in [0.15, 0.2) is 0 Å². The van der Waals surface area contributed by atoms with E-state index in [2.05, 4.69) is 6.92 Å². The second-order valence-corrected chi connectivity index (χ2v) is 5.12. The van der Waals surface area contributed by atoms with Crippen LogP contribution in [0.25, 0.3) is 0 Å². The van der Waals surface area contributed by atoms with Crippen LogP contribution in [-0.4, -0.2) is 18.6 Å². The fourth-order valence-corrected chi connectivity index (χ4v) is 3.30. The molecule has 0 aromatic heterocycles. The third-order valence-corrected chi connectivity index (χ3v) is 4.39. The molecule has 3 heteroatoms. The average Bonchev–Trinajstić information content (AvgIpc) is 2.17. The molecule has 0 heterocycles. The van der Waals surface area contributed by atoms with Gasteiger partial charge in [0.1, 0.15) is 0 Å². The van der Waals surface area contributed by atoms with E-state index in [9.17, 15) is 4.79 Å². The summed E-state index contributed by atoms with van der Waals surface area (Å²) < 4.78 is 4.93. The summed E-state index contributed by atoms with van der Waals surface area (Å²) in [5, 5.41) is 0. The van der Waals surface area contributed by atoms with Gasteiger partial charge in [-0.05, 0) is 38.0 Å². The van der Waals surface area contributed by atoms with Crippen LogP contribution in [0, 0.1) is 11.3 Å². The monoisotopic (exact) mass is 197 g/mol. The Morgan fingerprint density at radius 3 is 2.36 bits per heavy atom. The Kier molecular flexibility index (Phi) is 2.11. The summed E-state index contributed by atoms with van der Waals surface area (Å²) in [6.45, 7) is 2.14. The van der Waals surface area contributed by atoms with Crippen LogP contribution in [0.15, 0.2) is 0 Å². The standard InChI is InChI=1S/C11H19NO2/c1-8-7-10(12)3-5-11(8,6-4-10)9(13)14-2/h8H,3-7,12H2,1-2H3. The number of ether oxygens (including phenoxy) is 1. The predicted molar refractivity (Wildman–Crippen MR) is 53.6 cm³/mol. The van der Waals surface area contributed by atoms with Crippen LogP contribution in [0.2, 0.25) is 0 Å². The summed E-state index contributed by atoms with van der Waals surface area (Å²) in [5.41, 5.74) is 6.03. The lowest BCUT2D eigenvalue weighted by Crippen LogP contribution is -2.58. The minimum absolute atomic E-state index is 0.00912. The van der Waals surface area contributed by atoms with Crippen molar-refractivity contribution in [3.8, 4) is 0 Å². The van der Waals surface area contributed by atoms with E-state index < -0.39 is 0 Å². The zero-order chi connectivity index (χ0) is 10.4. The molecule has 0 saturated heterocycles. The van der Waals surface area contributed by atoms with Gasteiger partial charge in [-0.2, -0.15) is 0 Å². The first-order chi connectivity index (χ1) is 6.52. The maximum Gasteiger partial charge on any atom is 0.312 e. The van der Waals surface area contributed by atoms with E-state index in [1.165, 1.54) is 7.11 Å². The molecule has 1 atom stereocenters. The molecule has 0 radical (unpaired) electrons. The lowest BCUT2D eigenvalue weighted by atomic mass is 9.53. The molecular formula is C11H19NO2. The first-order valence-electron chi connectivity index (χ1n) is 5.40. The first kappa shape index (κ1) is 9.97. The van der Waals surface area contributed by atoms with E-state index in [1.807, 2.05) is 0 Å². The number of rotatable bonds is 1. The van der Waals surface area contributed by atoms with Gasteiger partial charge in [-0.25, -0.2) is 0 Å². The molecule has 3 fully saturated rings. The summed E-state index contributed by atoms with van der Waals surface area (Å²) in [6, 6.07) is 0. The van der Waals surface area contributed by atoms with Crippen molar-refractivity contribution in [3.05, 3.63) is 0 Å².